The molecule has 3 N–H and O–H groups in total. The van der Waals surface area contributed by atoms with Gasteiger partial charge in [-0.3, -0.25) is 0 Å². The number of hydrogen-bond acceptors (Lipinski definition) is 3. The topological polar surface area (TPSA) is 52.5 Å². The number of phenols is 2. The highest BCUT2D eigenvalue weighted by atomic mass is 16.3. The molecule has 100 valence electrons. The van der Waals surface area contributed by atoms with Crippen molar-refractivity contribution in [2.24, 2.45) is 11.8 Å². The average molecular weight is 249 g/mol. The molecule has 0 radical (unpaired) electrons. The molecule has 3 nitrogen and oxygen atoms in total. The maximum Gasteiger partial charge on any atom is 0.124 e. The SMILES string of the molecule is CC(NCC1CCCC1C)c1c(O)cccc1O. The van der Waals surface area contributed by atoms with E-state index in [2.05, 4.69) is 12.2 Å². The van der Waals surface area contributed by atoms with Crippen molar-refractivity contribution >= 4 is 0 Å². The summed E-state index contributed by atoms with van der Waals surface area (Å²) in [6, 6.07) is 4.86. The van der Waals surface area contributed by atoms with Crippen molar-refractivity contribution < 1.29 is 10.2 Å². The third-order valence-electron chi connectivity index (χ3n) is 4.22. The highest BCUT2D eigenvalue weighted by molar-refractivity contribution is 5.44. The zero-order valence-corrected chi connectivity index (χ0v) is 11.2. The first kappa shape index (κ1) is 13.2. The number of hydrogen-bond donors (Lipinski definition) is 3. The molecule has 1 aromatic rings. The zero-order valence-electron chi connectivity index (χ0n) is 11.2. The molecule has 3 unspecified atom stereocenters. The summed E-state index contributed by atoms with van der Waals surface area (Å²) in [4.78, 5) is 0. The van der Waals surface area contributed by atoms with Gasteiger partial charge in [-0.15, -0.1) is 0 Å². The second kappa shape index (κ2) is 5.61. The van der Waals surface area contributed by atoms with Crippen LogP contribution in [0.3, 0.4) is 0 Å². The van der Waals surface area contributed by atoms with Crippen molar-refractivity contribution in [2.75, 3.05) is 6.54 Å². The Kier molecular flexibility index (Phi) is 4.12. The van der Waals surface area contributed by atoms with Gasteiger partial charge in [0.2, 0.25) is 0 Å². The smallest absolute Gasteiger partial charge is 0.124 e. The van der Waals surface area contributed by atoms with Gasteiger partial charge < -0.3 is 15.5 Å². The molecule has 1 aliphatic carbocycles. The van der Waals surface area contributed by atoms with Gasteiger partial charge in [-0.1, -0.05) is 25.8 Å². The molecular formula is C15H23NO2. The molecule has 0 bridgehead atoms. The zero-order chi connectivity index (χ0) is 13.1. The number of phenolic OH excluding ortho intramolecular Hbond substituents is 2. The summed E-state index contributed by atoms with van der Waals surface area (Å²) in [5.41, 5.74) is 0.600. The van der Waals surface area contributed by atoms with Crippen LogP contribution in [-0.2, 0) is 0 Å². The Labute approximate surface area is 109 Å². The minimum atomic E-state index is -0.0287. The van der Waals surface area contributed by atoms with Crippen molar-refractivity contribution in [3.05, 3.63) is 23.8 Å². The molecule has 0 aliphatic heterocycles. The van der Waals surface area contributed by atoms with Crippen LogP contribution < -0.4 is 5.32 Å². The molecule has 1 aliphatic rings. The molecule has 18 heavy (non-hydrogen) atoms. The van der Waals surface area contributed by atoms with E-state index in [9.17, 15) is 10.2 Å². The van der Waals surface area contributed by atoms with E-state index in [0.29, 0.717) is 5.56 Å². The first-order valence-electron chi connectivity index (χ1n) is 6.83. The predicted molar refractivity (Wildman–Crippen MR) is 72.7 cm³/mol. The van der Waals surface area contributed by atoms with Gasteiger partial charge in [0.1, 0.15) is 11.5 Å². The second-order valence-electron chi connectivity index (χ2n) is 5.51. The van der Waals surface area contributed by atoms with Crippen molar-refractivity contribution in [2.45, 2.75) is 39.2 Å². The molecule has 1 aromatic carbocycles. The van der Waals surface area contributed by atoms with E-state index in [1.54, 1.807) is 18.2 Å². The Balaban J connectivity index is 1.97. The van der Waals surface area contributed by atoms with Crippen molar-refractivity contribution in [3.8, 4) is 11.5 Å². The lowest BCUT2D eigenvalue weighted by Crippen LogP contribution is -2.27. The number of rotatable bonds is 4. The van der Waals surface area contributed by atoms with E-state index in [-0.39, 0.29) is 17.5 Å². The summed E-state index contributed by atoms with van der Waals surface area (Å²) < 4.78 is 0. The van der Waals surface area contributed by atoms with Gasteiger partial charge in [0, 0.05) is 6.04 Å². The molecule has 0 aromatic heterocycles. The van der Waals surface area contributed by atoms with Crippen molar-refractivity contribution in [1.29, 1.82) is 0 Å². The average Bonchev–Trinajstić information content (AvgIpc) is 2.72. The van der Waals surface area contributed by atoms with Crippen LogP contribution in [0.2, 0.25) is 0 Å². The number of benzene rings is 1. The molecule has 0 amide bonds. The molecule has 1 saturated carbocycles. The summed E-state index contributed by atoms with van der Waals surface area (Å²) in [6.07, 6.45) is 3.93. The normalized spacial score (nSPS) is 25.2. The maximum atomic E-state index is 9.81. The quantitative estimate of drug-likeness (QED) is 0.768. The summed E-state index contributed by atoms with van der Waals surface area (Å²) in [5, 5.41) is 23.0. The standard InChI is InChI=1S/C15H23NO2/c1-10-5-3-6-12(10)9-16-11(2)15-13(17)7-4-8-14(15)18/h4,7-8,10-12,16-18H,3,5-6,9H2,1-2H3. The minimum absolute atomic E-state index is 0.0287. The van der Waals surface area contributed by atoms with E-state index >= 15 is 0 Å². The Morgan fingerprint density at radius 3 is 2.50 bits per heavy atom. The molecule has 0 saturated heterocycles. The summed E-state index contributed by atoms with van der Waals surface area (Å²) in [6.45, 7) is 5.24. The first-order valence-corrected chi connectivity index (χ1v) is 6.83. The van der Waals surface area contributed by atoms with Crippen LogP contribution in [0.4, 0.5) is 0 Å². The van der Waals surface area contributed by atoms with Gasteiger partial charge in [-0.25, -0.2) is 0 Å². The highest BCUT2D eigenvalue weighted by Gasteiger charge is 2.24. The minimum Gasteiger partial charge on any atom is -0.507 e. The lowest BCUT2D eigenvalue weighted by atomic mass is 9.97. The fourth-order valence-electron chi connectivity index (χ4n) is 2.94. The van der Waals surface area contributed by atoms with Crippen LogP contribution in [0.25, 0.3) is 0 Å². The third kappa shape index (κ3) is 2.78. The summed E-state index contributed by atoms with van der Waals surface area (Å²) in [7, 11) is 0. The molecule has 0 spiro atoms. The Morgan fingerprint density at radius 1 is 1.28 bits per heavy atom. The van der Waals surface area contributed by atoms with E-state index in [1.165, 1.54) is 19.3 Å². The first-order chi connectivity index (χ1) is 8.59. The Morgan fingerprint density at radius 2 is 1.94 bits per heavy atom. The third-order valence-corrected chi connectivity index (χ3v) is 4.22. The van der Waals surface area contributed by atoms with Crippen LogP contribution in [0.5, 0.6) is 11.5 Å². The fourth-order valence-corrected chi connectivity index (χ4v) is 2.94. The van der Waals surface area contributed by atoms with Gasteiger partial charge in [-0.2, -0.15) is 0 Å². The molecule has 3 atom stereocenters. The Bertz CT molecular complexity index is 385. The fraction of sp³-hybridized carbons (Fsp3) is 0.600. The van der Waals surface area contributed by atoms with Gasteiger partial charge in [0.15, 0.2) is 0 Å². The van der Waals surface area contributed by atoms with E-state index in [1.807, 2.05) is 6.92 Å². The second-order valence-corrected chi connectivity index (χ2v) is 5.51. The van der Waals surface area contributed by atoms with E-state index < -0.39 is 0 Å². The maximum absolute atomic E-state index is 9.81. The van der Waals surface area contributed by atoms with Gasteiger partial charge in [0.25, 0.3) is 0 Å². The number of nitrogens with one attached hydrogen (secondary N) is 1. The van der Waals surface area contributed by atoms with Crippen molar-refractivity contribution in [1.82, 2.24) is 5.32 Å². The van der Waals surface area contributed by atoms with Crippen molar-refractivity contribution in [3.63, 3.8) is 0 Å². The van der Waals surface area contributed by atoms with Crippen LogP contribution in [-0.4, -0.2) is 16.8 Å². The van der Waals surface area contributed by atoms with Gasteiger partial charge in [-0.05, 0) is 43.9 Å². The lowest BCUT2D eigenvalue weighted by molar-refractivity contribution is 0.363. The van der Waals surface area contributed by atoms with Crippen LogP contribution >= 0.6 is 0 Å². The van der Waals surface area contributed by atoms with Gasteiger partial charge >= 0.3 is 0 Å². The van der Waals surface area contributed by atoms with E-state index in [4.69, 9.17) is 0 Å². The Hall–Kier alpha value is -1.22. The molecular weight excluding hydrogens is 226 g/mol. The van der Waals surface area contributed by atoms with Crippen LogP contribution in [0.15, 0.2) is 18.2 Å². The van der Waals surface area contributed by atoms with E-state index in [0.717, 1.165) is 18.4 Å². The lowest BCUT2D eigenvalue weighted by Gasteiger charge is -2.21. The van der Waals surface area contributed by atoms with Crippen LogP contribution in [0, 0.1) is 11.8 Å². The highest BCUT2D eigenvalue weighted by Crippen LogP contribution is 2.34. The van der Waals surface area contributed by atoms with Crippen LogP contribution in [0.1, 0.15) is 44.7 Å². The largest absolute Gasteiger partial charge is 0.507 e. The predicted octanol–water partition coefficient (Wildman–Crippen LogP) is 3.18. The summed E-state index contributed by atoms with van der Waals surface area (Å²) in [5.74, 6) is 1.83. The molecule has 0 heterocycles. The molecule has 1 fully saturated rings. The molecule has 3 heteroatoms. The number of aromatic hydroxyl groups is 2. The summed E-state index contributed by atoms with van der Waals surface area (Å²) >= 11 is 0. The molecule has 2 rings (SSSR count). The van der Waals surface area contributed by atoms with Gasteiger partial charge in [0.05, 0.1) is 5.56 Å². The monoisotopic (exact) mass is 249 g/mol.